The van der Waals surface area contributed by atoms with Crippen molar-refractivity contribution in [2.24, 2.45) is 5.41 Å². The van der Waals surface area contributed by atoms with E-state index in [1.165, 1.54) is 6.20 Å². The lowest BCUT2D eigenvalue weighted by atomic mass is 9.85. The van der Waals surface area contributed by atoms with Gasteiger partial charge in [-0.2, -0.15) is 0 Å². The molecule has 1 saturated carbocycles. The maximum atomic E-state index is 12.4. The number of para-hydroxylation sites is 1. The number of benzene rings is 1. The zero-order valence-electron chi connectivity index (χ0n) is 13.7. The number of nitrogens with zero attached hydrogens (tertiary/aromatic N) is 1. The minimum atomic E-state index is -0.237. The molecule has 0 radical (unpaired) electrons. The summed E-state index contributed by atoms with van der Waals surface area (Å²) in [5.74, 6) is 0.978. The molecule has 1 heterocycles. The van der Waals surface area contributed by atoms with E-state index in [4.69, 9.17) is 4.74 Å². The fraction of sp³-hybridized carbons (Fsp3) is 0.368. The van der Waals surface area contributed by atoms with Crippen molar-refractivity contribution in [3.8, 4) is 11.6 Å². The van der Waals surface area contributed by atoms with E-state index in [-0.39, 0.29) is 24.0 Å². The number of hydrogen-bond donors (Lipinski definition) is 2. The van der Waals surface area contributed by atoms with Crippen molar-refractivity contribution in [1.82, 2.24) is 10.3 Å². The molecule has 5 nitrogen and oxygen atoms in total. The van der Waals surface area contributed by atoms with Crippen LogP contribution < -0.4 is 10.1 Å². The average molecular weight is 326 g/mol. The number of aliphatic hydroxyl groups excluding tert-OH is 1. The molecular weight excluding hydrogens is 304 g/mol. The van der Waals surface area contributed by atoms with Crippen LogP contribution in [0.1, 0.15) is 36.5 Å². The average Bonchev–Trinajstić information content (AvgIpc) is 2.98. The van der Waals surface area contributed by atoms with Crippen molar-refractivity contribution >= 4 is 5.91 Å². The molecule has 2 atom stereocenters. The van der Waals surface area contributed by atoms with E-state index in [2.05, 4.69) is 10.3 Å². The molecule has 1 fully saturated rings. The molecule has 1 aliphatic carbocycles. The highest BCUT2D eigenvalue weighted by Crippen LogP contribution is 2.37. The first-order chi connectivity index (χ1) is 11.6. The van der Waals surface area contributed by atoms with Gasteiger partial charge in [-0.05, 0) is 31.0 Å². The Morgan fingerprint density at radius 1 is 1.33 bits per heavy atom. The van der Waals surface area contributed by atoms with Crippen molar-refractivity contribution in [3.63, 3.8) is 0 Å². The summed E-state index contributed by atoms with van der Waals surface area (Å²) in [4.78, 5) is 16.6. The predicted octanol–water partition coefficient (Wildman–Crippen LogP) is 3.15. The Morgan fingerprint density at radius 2 is 2.12 bits per heavy atom. The van der Waals surface area contributed by atoms with Crippen LogP contribution in [-0.2, 0) is 0 Å². The van der Waals surface area contributed by atoms with Crippen molar-refractivity contribution in [2.45, 2.75) is 32.2 Å². The predicted molar refractivity (Wildman–Crippen MR) is 91.1 cm³/mol. The van der Waals surface area contributed by atoms with Crippen molar-refractivity contribution < 1.29 is 14.6 Å². The summed E-state index contributed by atoms with van der Waals surface area (Å²) in [6.07, 6.45) is 4.35. The first-order valence-electron chi connectivity index (χ1n) is 8.21. The maximum Gasteiger partial charge on any atom is 0.253 e. The molecule has 0 aliphatic heterocycles. The SMILES string of the molecule is CC1(CO)CCCC1NC(=O)c1ccc(Oc2ccccc2)nc1. The smallest absolute Gasteiger partial charge is 0.253 e. The van der Waals surface area contributed by atoms with Crippen LogP contribution >= 0.6 is 0 Å². The summed E-state index contributed by atoms with van der Waals surface area (Å²) in [6, 6.07) is 12.8. The zero-order chi connectivity index (χ0) is 17.0. The summed E-state index contributed by atoms with van der Waals surface area (Å²) < 4.78 is 5.62. The first kappa shape index (κ1) is 16.5. The van der Waals surface area contributed by atoms with Crippen LogP contribution in [0.4, 0.5) is 0 Å². The molecule has 0 bridgehead atoms. The molecule has 2 aromatic rings. The molecular formula is C19H22N2O3. The Kier molecular flexibility index (Phi) is 4.81. The Hall–Kier alpha value is -2.40. The second kappa shape index (κ2) is 7.01. The van der Waals surface area contributed by atoms with E-state index < -0.39 is 0 Å². The first-order valence-corrected chi connectivity index (χ1v) is 8.21. The summed E-state index contributed by atoms with van der Waals surface area (Å²) >= 11 is 0. The van der Waals surface area contributed by atoms with E-state index in [1.807, 2.05) is 37.3 Å². The second-order valence-electron chi connectivity index (χ2n) is 6.53. The van der Waals surface area contributed by atoms with Gasteiger partial charge in [-0.1, -0.05) is 31.5 Å². The molecule has 0 saturated heterocycles. The van der Waals surface area contributed by atoms with Gasteiger partial charge >= 0.3 is 0 Å². The van der Waals surface area contributed by atoms with Crippen molar-refractivity contribution in [1.29, 1.82) is 0 Å². The molecule has 5 heteroatoms. The molecule has 3 rings (SSSR count). The monoisotopic (exact) mass is 326 g/mol. The van der Waals surface area contributed by atoms with E-state index in [9.17, 15) is 9.90 Å². The highest BCUT2D eigenvalue weighted by Gasteiger charge is 2.39. The summed E-state index contributed by atoms with van der Waals surface area (Å²) in [6.45, 7) is 2.10. The van der Waals surface area contributed by atoms with Gasteiger partial charge in [0.25, 0.3) is 5.91 Å². The Morgan fingerprint density at radius 3 is 2.79 bits per heavy atom. The number of ether oxygens (including phenoxy) is 1. The van der Waals surface area contributed by atoms with Crippen LogP contribution in [0.2, 0.25) is 0 Å². The molecule has 126 valence electrons. The Labute approximate surface area is 141 Å². The van der Waals surface area contributed by atoms with E-state index in [0.29, 0.717) is 17.2 Å². The van der Waals surface area contributed by atoms with Gasteiger partial charge in [0, 0.05) is 23.7 Å². The van der Waals surface area contributed by atoms with Gasteiger partial charge in [0.05, 0.1) is 12.2 Å². The highest BCUT2D eigenvalue weighted by molar-refractivity contribution is 5.94. The number of aromatic nitrogens is 1. The minimum absolute atomic E-state index is 0.00440. The lowest BCUT2D eigenvalue weighted by Crippen LogP contribution is -2.44. The van der Waals surface area contributed by atoms with Gasteiger partial charge < -0.3 is 15.2 Å². The third-order valence-corrected chi connectivity index (χ3v) is 4.71. The van der Waals surface area contributed by atoms with E-state index in [0.717, 1.165) is 19.3 Å². The molecule has 2 N–H and O–H groups in total. The maximum absolute atomic E-state index is 12.4. The molecule has 0 spiro atoms. The van der Waals surface area contributed by atoms with Crippen LogP contribution in [0.5, 0.6) is 11.6 Å². The Balaban J connectivity index is 1.64. The van der Waals surface area contributed by atoms with Gasteiger partial charge in [-0.15, -0.1) is 0 Å². The van der Waals surface area contributed by atoms with Crippen LogP contribution in [0.3, 0.4) is 0 Å². The molecule has 24 heavy (non-hydrogen) atoms. The quantitative estimate of drug-likeness (QED) is 0.885. The normalized spacial score (nSPS) is 23.0. The van der Waals surface area contributed by atoms with Gasteiger partial charge in [-0.3, -0.25) is 4.79 Å². The number of hydrogen-bond acceptors (Lipinski definition) is 4. The van der Waals surface area contributed by atoms with Gasteiger partial charge in [0.15, 0.2) is 0 Å². The standard InChI is InChI=1S/C19H22N2O3/c1-19(13-22)11-5-8-16(19)21-18(23)14-9-10-17(20-12-14)24-15-6-3-2-4-7-15/h2-4,6-7,9-10,12,16,22H,5,8,11,13H2,1H3,(H,21,23). The molecule has 1 aliphatic rings. The Bertz CT molecular complexity index is 688. The van der Waals surface area contributed by atoms with E-state index in [1.54, 1.807) is 12.1 Å². The number of carbonyl (C=O) groups excluding carboxylic acids is 1. The highest BCUT2D eigenvalue weighted by atomic mass is 16.5. The minimum Gasteiger partial charge on any atom is -0.439 e. The molecule has 1 amide bonds. The number of nitrogens with one attached hydrogen (secondary N) is 1. The number of pyridine rings is 1. The van der Waals surface area contributed by atoms with Gasteiger partial charge in [0.1, 0.15) is 5.75 Å². The van der Waals surface area contributed by atoms with Crippen LogP contribution in [0.25, 0.3) is 0 Å². The fourth-order valence-electron chi connectivity index (χ4n) is 3.09. The zero-order valence-corrected chi connectivity index (χ0v) is 13.7. The van der Waals surface area contributed by atoms with Crippen molar-refractivity contribution in [2.75, 3.05) is 6.61 Å². The van der Waals surface area contributed by atoms with Crippen LogP contribution in [0.15, 0.2) is 48.7 Å². The topological polar surface area (TPSA) is 71.5 Å². The number of amides is 1. The third kappa shape index (κ3) is 3.57. The summed E-state index contributed by atoms with van der Waals surface area (Å²) in [5, 5.41) is 12.6. The lowest BCUT2D eigenvalue weighted by molar-refractivity contribution is 0.0830. The lowest BCUT2D eigenvalue weighted by Gasteiger charge is -2.30. The molecule has 2 unspecified atom stereocenters. The van der Waals surface area contributed by atoms with Crippen LogP contribution in [0, 0.1) is 5.41 Å². The third-order valence-electron chi connectivity index (χ3n) is 4.71. The van der Waals surface area contributed by atoms with Gasteiger partial charge in [-0.25, -0.2) is 4.98 Å². The van der Waals surface area contributed by atoms with Crippen LogP contribution in [-0.4, -0.2) is 28.6 Å². The molecule has 1 aromatic heterocycles. The fourth-order valence-corrected chi connectivity index (χ4v) is 3.09. The number of carbonyl (C=O) groups is 1. The second-order valence-corrected chi connectivity index (χ2v) is 6.53. The molecule has 1 aromatic carbocycles. The summed E-state index contributed by atoms with van der Waals surface area (Å²) in [7, 11) is 0. The van der Waals surface area contributed by atoms with Crippen molar-refractivity contribution in [3.05, 3.63) is 54.2 Å². The van der Waals surface area contributed by atoms with E-state index >= 15 is 0 Å². The number of aliphatic hydroxyl groups is 1. The van der Waals surface area contributed by atoms with Gasteiger partial charge in [0.2, 0.25) is 5.88 Å². The number of rotatable bonds is 5. The summed E-state index contributed by atoms with van der Waals surface area (Å²) in [5.41, 5.74) is 0.252. The largest absolute Gasteiger partial charge is 0.439 e.